The Balaban J connectivity index is 1.83. The summed E-state index contributed by atoms with van der Waals surface area (Å²) in [7, 11) is -3.57. The highest BCUT2D eigenvalue weighted by Crippen LogP contribution is 2.42. The smallest absolute Gasteiger partial charge is 0.242 e. The number of sulfonamides is 1. The molecule has 1 N–H and O–H groups in total. The zero-order valence-corrected chi connectivity index (χ0v) is 13.8. The van der Waals surface area contributed by atoms with Crippen molar-refractivity contribution in [3.05, 3.63) is 72.3 Å². The van der Waals surface area contributed by atoms with Crippen LogP contribution in [-0.4, -0.2) is 20.1 Å². The lowest BCUT2D eigenvalue weighted by atomic mass is 10.1. The van der Waals surface area contributed by atoms with Crippen LogP contribution in [0.1, 0.15) is 17.2 Å². The molecule has 5 heteroatoms. The second kappa shape index (κ2) is 5.53. The molecule has 0 bridgehead atoms. The zero-order chi connectivity index (χ0) is 16.7. The quantitative estimate of drug-likeness (QED) is 0.772. The lowest BCUT2D eigenvalue weighted by Crippen LogP contribution is -2.26. The van der Waals surface area contributed by atoms with Crippen LogP contribution in [-0.2, 0) is 10.0 Å². The summed E-state index contributed by atoms with van der Waals surface area (Å²) in [6, 6.07) is 20.1. The molecule has 0 radical (unpaired) electrons. The van der Waals surface area contributed by atoms with E-state index in [1.165, 1.54) is 10.4 Å². The van der Waals surface area contributed by atoms with Crippen LogP contribution in [0, 0.1) is 0 Å². The zero-order valence-electron chi connectivity index (χ0n) is 13.0. The van der Waals surface area contributed by atoms with Gasteiger partial charge in [0, 0.05) is 17.5 Å². The van der Waals surface area contributed by atoms with Gasteiger partial charge < -0.3 is 5.11 Å². The first-order valence-electron chi connectivity index (χ1n) is 7.86. The normalized spacial score (nSPS) is 19.7. The minimum absolute atomic E-state index is 0.0332. The van der Waals surface area contributed by atoms with Gasteiger partial charge in [0.1, 0.15) is 11.0 Å². The predicted octanol–water partition coefficient (Wildman–Crippen LogP) is 3.83. The van der Waals surface area contributed by atoms with Crippen molar-refractivity contribution < 1.29 is 13.5 Å². The maximum Gasteiger partial charge on any atom is 0.242 e. The Kier molecular flexibility index (Phi) is 3.46. The predicted molar refractivity (Wildman–Crippen MR) is 95.7 cm³/mol. The lowest BCUT2D eigenvalue weighted by Gasteiger charge is -2.21. The van der Waals surface area contributed by atoms with Crippen LogP contribution in [0.15, 0.2) is 66.7 Å². The van der Waals surface area contributed by atoms with Gasteiger partial charge in [0.15, 0.2) is 0 Å². The molecule has 1 aliphatic rings. The molecule has 4 nitrogen and oxygen atoms in total. The number of fused-ring (bicyclic) bond motifs is 1. The van der Waals surface area contributed by atoms with Gasteiger partial charge in [-0.05, 0) is 23.9 Å². The van der Waals surface area contributed by atoms with Crippen molar-refractivity contribution in [3.8, 4) is 5.75 Å². The number of benzene rings is 3. The van der Waals surface area contributed by atoms with Gasteiger partial charge in [0.05, 0.1) is 5.69 Å². The first-order valence-corrected chi connectivity index (χ1v) is 9.36. The van der Waals surface area contributed by atoms with E-state index in [0.29, 0.717) is 24.2 Å². The first-order chi connectivity index (χ1) is 11.6. The summed E-state index contributed by atoms with van der Waals surface area (Å²) < 4.78 is 27.7. The van der Waals surface area contributed by atoms with E-state index in [-0.39, 0.29) is 5.75 Å². The standard InChI is InChI=1S/C19H17NO3S/c21-18-11-4-3-9-16(18)19-12-13-20(24(19,22)23)17-10-5-7-14-6-1-2-8-15(14)17/h1-11,19,21H,12-13H2. The summed E-state index contributed by atoms with van der Waals surface area (Å²) in [5, 5.41) is 11.3. The van der Waals surface area contributed by atoms with E-state index in [1.807, 2.05) is 42.5 Å². The SMILES string of the molecule is O=S1(=O)C(c2ccccc2O)CCN1c1cccc2ccccc12. The molecule has 3 aromatic rings. The maximum absolute atomic E-state index is 13.1. The average molecular weight is 339 g/mol. The number of phenols is 1. The Labute approximate surface area is 141 Å². The minimum atomic E-state index is -3.57. The molecule has 1 saturated heterocycles. The molecule has 1 atom stereocenters. The Morgan fingerprint density at radius 2 is 1.62 bits per heavy atom. The van der Waals surface area contributed by atoms with E-state index in [2.05, 4.69) is 0 Å². The van der Waals surface area contributed by atoms with Crippen molar-refractivity contribution in [1.82, 2.24) is 0 Å². The van der Waals surface area contributed by atoms with Crippen molar-refractivity contribution in [2.45, 2.75) is 11.7 Å². The van der Waals surface area contributed by atoms with Crippen LogP contribution in [0.3, 0.4) is 0 Å². The molecule has 0 spiro atoms. The Hall–Kier alpha value is -2.53. The summed E-state index contributed by atoms with van der Waals surface area (Å²) in [5.74, 6) is 0.0332. The van der Waals surface area contributed by atoms with Crippen LogP contribution in [0.25, 0.3) is 10.8 Å². The van der Waals surface area contributed by atoms with Gasteiger partial charge in [-0.15, -0.1) is 0 Å². The summed E-state index contributed by atoms with van der Waals surface area (Å²) >= 11 is 0. The number of anilines is 1. The van der Waals surface area contributed by atoms with Gasteiger partial charge in [-0.25, -0.2) is 8.42 Å². The van der Waals surface area contributed by atoms with E-state index in [1.54, 1.807) is 18.2 Å². The van der Waals surface area contributed by atoms with Gasteiger partial charge in [-0.2, -0.15) is 0 Å². The number of para-hydroxylation sites is 1. The molecule has 122 valence electrons. The fourth-order valence-corrected chi connectivity index (χ4v) is 5.45. The van der Waals surface area contributed by atoms with Gasteiger partial charge in [-0.3, -0.25) is 4.31 Å². The number of hydrogen-bond donors (Lipinski definition) is 1. The third-order valence-electron chi connectivity index (χ3n) is 4.58. The highest BCUT2D eigenvalue weighted by atomic mass is 32.2. The molecule has 24 heavy (non-hydrogen) atoms. The molecule has 0 aliphatic carbocycles. The monoisotopic (exact) mass is 339 g/mol. The van der Waals surface area contributed by atoms with E-state index >= 15 is 0 Å². The molecule has 0 aromatic heterocycles. The fourth-order valence-electron chi connectivity index (χ4n) is 3.42. The van der Waals surface area contributed by atoms with Crippen LogP contribution in [0.5, 0.6) is 5.75 Å². The highest BCUT2D eigenvalue weighted by molar-refractivity contribution is 7.93. The minimum Gasteiger partial charge on any atom is -0.508 e. The van der Waals surface area contributed by atoms with Crippen molar-refractivity contribution in [1.29, 1.82) is 0 Å². The molecule has 0 saturated carbocycles. The highest BCUT2D eigenvalue weighted by Gasteiger charge is 2.41. The number of aromatic hydroxyl groups is 1. The van der Waals surface area contributed by atoms with Gasteiger partial charge in [-0.1, -0.05) is 54.6 Å². The molecule has 1 fully saturated rings. The van der Waals surface area contributed by atoms with Gasteiger partial charge in [0.2, 0.25) is 10.0 Å². The molecule has 0 amide bonds. The molecule has 1 heterocycles. The summed E-state index contributed by atoms with van der Waals surface area (Å²) in [6.07, 6.45) is 0.461. The molecule has 3 aromatic carbocycles. The summed E-state index contributed by atoms with van der Waals surface area (Å²) in [5.41, 5.74) is 1.17. The van der Waals surface area contributed by atoms with Crippen LogP contribution < -0.4 is 4.31 Å². The summed E-state index contributed by atoms with van der Waals surface area (Å²) in [6.45, 7) is 0.412. The second-order valence-electron chi connectivity index (χ2n) is 5.95. The number of nitrogens with zero attached hydrogens (tertiary/aromatic N) is 1. The number of phenolic OH excluding ortho intramolecular Hbond substituents is 1. The second-order valence-corrected chi connectivity index (χ2v) is 7.99. The molecular weight excluding hydrogens is 322 g/mol. The Morgan fingerprint density at radius 3 is 2.46 bits per heavy atom. The number of hydrogen-bond acceptors (Lipinski definition) is 3. The Morgan fingerprint density at radius 1 is 0.917 bits per heavy atom. The topological polar surface area (TPSA) is 57.6 Å². The molecule has 4 rings (SSSR count). The van der Waals surface area contributed by atoms with Crippen molar-refractivity contribution in [2.24, 2.45) is 0 Å². The third-order valence-corrected chi connectivity index (χ3v) is 6.78. The van der Waals surface area contributed by atoms with Crippen molar-refractivity contribution >= 4 is 26.5 Å². The van der Waals surface area contributed by atoms with Gasteiger partial charge >= 0.3 is 0 Å². The maximum atomic E-state index is 13.1. The summed E-state index contributed by atoms with van der Waals surface area (Å²) in [4.78, 5) is 0. The van der Waals surface area contributed by atoms with E-state index in [0.717, 1.165) is 10.8 Å². The lowest BCUT2D eigenvalue weighted by molar-refractivity contribution is 0.466. The molecule has 1 aliphatic heterocycles. The largest absolute Gasteiger partial charge is 0.508 e. The van der Waals surface area contributed by atoms with E-state index in [9.17, 15) is 13.5 Å². The van der Waals surface area contributed by atoms with Crippen LogP contribution >= 0.6 is 0 Å². The fraction of sp³-hybridized carbons (Fsp3) is 0.158. The van der Waals surface area contributed by atoms with Gasteiger partial charge in [0.25, 0.3) is 0 Å². The average Bonchev–Trinajstić information content (AvgIpc) is 2.89. The molecular formula is C19H17NO3S. The van der Waals surface area contributed by atoms with Crippen molar-refractivity contribution in [3.63, 3.8) is 0 Å². The van der Waals surface area contributed by atoms with E-state index in [4.69, 9.17) is 0 Å². The van der Waals surface area contributed by atoms with Crippen molar-refractivity contribution in [2.75, 3.05) is 10.8 Å². The van der Waals surface area contributed by atoms with E-state index < -0.39 is 15.3 Å². The first kappa shape index (κ1) is 15.0. The third kappa shape index (κ3) is 2.24. The van der Waals surface area contributed by atoms with Crippen LogP contribution in [0.2, 0.25) is 0 Å². The molecule has 1 unspecified atom stereocenters. The Bertz CT molecular complexity index is 1010. The number of rotatable bonds is 2. The van der Waals surface area contributed by atoms with Crippen LogP contribution in [0.4, 0.5) is 5.69 Å².